The fourth-order valence-electron chi connectivity index (χ4n) is 1.21. The van der Waals surface area contributed by atoms with E-state index in [1.54, 1.807) is 6.92 Å². The predicted molar refractivity (Wildman–Crippen MR) is 65.2 cm³/mol. The van der Waals surface area contributed by atoms with Gasteiger partial charge in [0.1, 0.15) is 10.8 Å². The van der Waals surface area contributed by atoms with Crippen molar-refractivity contribution in [1.82, 2.24) is 15.3 Å². The lowest BCUT2D eigenvalue weighted by Crippen LogP contribution is -2.26. The highest BCUT2D eigenvalue weighted by Gasteiger charge is 2.08. The quantitative estimate of drug-likeness (QED) is 0.621. The maximum absolute atomic E-state index is 11.6. The third-order valence-corrected chi connectivity index (χ3v) is 2.17. The Balaban J connectivity index is 2.27. The summed E-state index contributed by atoms with van der Waals surface area (Å²) in [6.45, 7) is 2.48. The van der Waals surface area contributed by atoms with Crippen molar-refractivity contribution >= 4 is 23.5 Å². The Hall–Kier alpha value is -1.69. The van der Waals surface area contributed by atoms with E-state index in [4.69, 9.17) is 16.3 Å². The average Bonchev–Trinajstić information content (AvgIpc) is 2.35. The lowest BCUT2D eigenvalue weighted by atomic mass is 10.3. The van der Waals surface area contributed by atoms with Crippen molar-refractivity contribution in [3.8, 4) is 0 Å². The lowest BCUT2D eigenvalue weighted by molar-refractivity contribution is -0.143. The van der Waals surface area contributed by atoms with Gasteiger partial charge >= 0.3 is 5.97 Å². The summed E-state index contributed by atoms with van der Waals surface area (Å²) < 4.78 is 4.76. The molecule has 0 aliphatic carbocycles. The number of hydrogen-bond acceptors (Lipinski definition) is 5. The van der Waals surface area contributed by atoms with Crippen molar-refractivity contribution in [2.75, 3.05) is 13.2 Å². The Kier molecular flexibility index (Phi) is 6.07. The molecule has 1 heterocycles. The lowest BCUT2D eigenvalue weighted by Gasteiger charge is -2.04. The van der Waals surface area contributed by atoms with E-state index < -0.39 is 0 Å². The van der Waals surface area contributed by atoms with Gasteiger partial charge in [-0.15, -0.1) is 0 Å². The molecule has 0 aliphatic heterocycles. The van der Waals surface area contributed by atoms with Crippen LogP contribution in [0.1, 0.15) is 30.3 Å². The molecule has 0 spiro atoms. The fraction of sp³-hybridized carbons (Fsp3) is 0.455. The van der Waals surface area contributed by atoms with E-state index >= 15 is 0 Å². The van der Waals surface area contributed by atoms with Gasteiger partial charge in [0.05, 0.1) is 19.0 Å². The standard InChI is InChI=1S/C11H14ClN3O3/c1-2-18-10(16)4-3-5-14-11(17)8-6-13-7-9(12)15-8/h6-7H,2-5H2,1H3,(H,14,17). The zero-order valence-electron chi connectivity index (χ0n) is 9.98. The highest BCUT2D eigenvalue weighted by Crippen LogP contribution is 2.02. The number of halogens is 1. The zero-order valence-corrected chi connectivity index (χ0v) is 10.7. The van der Waals surface area contributed by atoms with Crippen molar-refractivity contribution in [2.45, 2.75) is 19.8 Å². The topological polar surface area (TPSA) is 81.2 Å². The number of carbonyl (C=O) groups excluding carboxylic acids is 2. The minimum Gasteiger partial charge on any atom is -0.466 e. The molecule has 98 valence electrons. The Morgan fingerprint density at radius 1 is 1.44 bits per heavy atom. The van der Waals surface area contributed by atoms with E-state index in [0.29, 0.717) is 19.6 Å². The van der Waals surface area contributed by atoms with Crippen molar-refractivity contribution < 1.29 is 14.3 Å². The van der Waals surface area contributed by atoms with Crippen LogP contribution in [0.25, 0.3) is 0 Å². The number of carbonyl (C=O) groups is 2. The van der Waals surface area contributed by atoms with Crippen LogP contribution in [-0.4, -0.2) is 35.0 Å². The molecule has 0 bridgehead atoms. The highest BCUT2D eigenvalue weighted by atomic mass is 35.5. The normalized spacial score (nSPS) is 9.89. The van der Waals surface area contributed by atoms with Gasteiger partial charge in [0.25, 0.3) is 5.91 Å². The molecular formula is C11H14ClN3O3. The van der Waals surface area contributed by atoms with Crippen LogP contribution in [0.3, 0.4) is 0 Å². The highest BCUT2D eigenvalue weighted by molar-refractivity contribution is 6.29. The zero-order chi connectivity index (χ0) is 13.4. The van der Waals surface area contributed by atoms with Gasteiger partial charge in [-0.25, -0.2) is 4.98 Å². The summed E-state index contributed by atoms with van der Waals surface area (Å²) in [5.41, 5.74) is 0.152. The number of rotatable bonds is 6. The molecule has 7 heteroatoms. The summed E-state index contributed by atoms with van der Waals surface area (Å²) in [4.78, 5) is 30.2. The SMILES string of the molecule is CCOC(=O)CCCNC(=O)c1cncc(Cl)n1. The molecule has 0 saturated carbocycles. The number of aromatic nitrogens is 2. The summed E-state index contributed by atoms with van der Waals surface area (Å²) >= 11 is 5.61. The van der Waals surface area contributed by atoms with Crippen LogP contribution in [0.15, 0.2) is 12.4 Å². The van der Waals surface area contributed by atoms with Crippen LogP contribution in [0.4, 0.5) is 0 Å². The molecule has 1 N–H and O–H groups in total. The molecule has 0 aliphatic rings. The summed E-state index contributed by atoms with van der Waals surface area (Å²) in [5, 5.41) is 2.78. The molecule has 0 fully saturated rings. The van der Waals surface area contributed by atoms with E-state index in [0.717, 1.165) is 0 Å². The van der Waals surface area contributed by atoms with Gasteiger partial charge < -0.3 is 10.1 Å². The van der Waals surface area contributed by atoms with Gasteiger partial charge in [-0.1, -0.05) is 11.6 Å². The molecule has 1 rings (SSSR count). The van der Waals surface area contributed by atoms with Gasteiger partial charge in [0.2, 0.25) is 0 Å². The number of ether oxygens (including phenoxy) is 1. The molecule has 6 nitrogen and oxygen atoms in total. The van der Waals surface area contributed by atoms with Crippen LogP contribution >= 0.6 is 11.6 Å². The van der Waals surface area contributed by atoms with Gasteiger partial charge in [-0.05, 0) is 13.3 Å². The minimum atomic E-state index is -0.367. The molecule has 1 amide bonds. The molecule has 1 aromatic heterocycles. The first kappa shape index (κ1) is 14.4. The average molecular weight is 272 g/mol. The Bertz CT molecular complexity index is 426. The Morgan fingerprint density at radius 3 is 2.89 bits per heavy atom. The number of amides is 1. The third-order valence-electron chi connectivity index (χ3n) is 1.99. The second kappa shape index (κ2) is 7.60. The van der Waals surface area contributed by atoms with Gasteiger partial charge in [-0.2, -0.15) is 0 Å². The monoisotopic (exact) mass is 271 g/mol. The summed E-state index contributed by atoms with van der Waals surface area (Å²) in [7, 11) is 0. The summed E-state index contributed by atoms with van der Waals surface area (Å²) in [6.07, 6.45) is 3.46. The van der Waals surface area contributed by atoms with Crippen LogP contribution < -0.4 is 5.32 Å². The molecule has 1 aromatic rings. The number of esters is 1. The molecule has 0 atom stereocenters. The molecule has 0 aromatic carbocycles. The number of hydrogen-bond donors (Lipinski definition) is 1. The molecule has 18 heavy (non-hydrogen) atoms. The van der Waals surface area contributed by atoms with E-state index in [9.17, 15) is 9.59 Å². The van der Waals surface area contributed by atoms with E-state index in [-0.39, 0.29) is 29.1 Å². The third kappa shape index (κ3) is 5.09. The van der Waals surface area contributed by atoms with E-state index in [1.165, 1.54) is 12.4 Å². The molecule has 0 radical (unpaired) electrons. The van der Waals surface area contributed by atoms with Gasteiger partial charge in [-0.3, -0.25) is 14.6 Å². The van der Waals surface area contributed by atoms with Crippen molar-refractivity contribution in [3.05, 3.63) is 23.2 Å². The van der Waals surface area contributed by atoms with Crippen LogP contribution in [-0.2, 0) is 9.53 Å². The number of nitrogens with one attached hydrogen (secondary N) is 1. The fourth-order valence-corrected chi connectivity index (χ4v) is 1.36. The van der Waals surface area contributed by atoms with Crippen LogP contribution in [0.5, 0.6) is 0 Å². The first-order valence-electron chi connectivity index (χ1n) is 5.55. The molecule has 0 unspecified atom stereocenters. The van der Waals surface area contributed by atoms with Crippen molar-refractivity contribution in [1.29, 1.82) is 0 Å². The second-order valence-electron chi connectivity index (χ2n) is 3.39. The second-order valence-corrected chi connectivity index (χ2v) is 3.78. The minimum absolute atomic E-state index is 0.152. The number of nitrogens with zero attached hydrogens (tertiary/aromatic N) is 2. The smallest absolute Gasteiger partial charge is 0.305 e. The summed E-state index contributed by atoms with van der Waals surface area (Å²) in [6, 6.07) is 0. The maximum atomic E-state index is 11.6. The van der Waals surface area contributed by atoms with Gasteiger partial charge in [0.15, 0.2) is 0 Å². The molecule has 0 saturated heterocycles. The van der Waals surface area contributed by atoms with E-state index in [2.05, 4.69) is 15.3 Å². The van der Waals surface area contributed by atoms with Crippen molar-refractivity contribution in [2.24, 2.45) is 0 Å². The van der Waals surface area contributed by atoms with Crippen LogP contribution in [0, 0.1) is 0 Å². The van der Waals surface area contributed by atoms with Crippen LogP contribution in [0.2, 0.25) is 5.15 Å². The van der Waals surface area contributed by atoms with E-state index in [1.807, 2.05) is 0 Å². The van der Waals surface area contributed by atoms with Crippen molar-refractivity contribution in [3.63, 3.8) is 0 Å². The maximum Gasteiger partial charge on any atom is 0.305 e. The Labute approximate surface area is 110 Å². The largest absolute Gasteiger partial charge is 0.466 e. The predicted octanol–water partition coefficient (Wildman–Crippen LogP) is 1.20. The first-order chi connectivity index (χ1) is 8.63. The molecular weight excluding hydrogens is 258 g/mol. The first-order valence-corrected chi connectivity index (χ1v) is 5.92. The Morgan fingerprint density at radius 2 is 2.22 bits per heavy atom. The van der Waals surface area contributed by atoms with Gasteiger partial charge in [0, 0.05) is 13.0 Å². The summed E-state index contributed by atoms with van der Waals surface area (Å²) in [5.74, 6) is -0.636.